The minimum Gasteiger partial charge on any atom is -0.483 e. The zero-order chi connectivity index (χ0) is 27.7. The molecule has 2 aromatic carbocycles. The van der Waals surface area contributed by atoms with Gasteiger partial charge >= 0.3 is 0 Å². The predicted octanol–water partition coefficient (Wildman–Crippen LogP) is 8.32. The maximum Gasteiger partial charge on any atom is 0.168 e. The van der Waals surface area contributed by atoms with Gasteiger partial charge in [0.2, 0.25) is 0 Å². The van der Waals surface area contributed by atoms with E-state index in [2.05, 4.69) is 18.7 Å². The molecule has 0 radical (unpaired) electrons. The third-order valence-corrected chi connectivity index (χ3v) is 7.09. The molecule has 0 spiro atoms. The highest BCUT2D eigenvalue weighted by Crippen LogP contribution is 2.33. The van der Waals surface area contributed by atoms with Gasteiger partial charge in [0.25, 0.3) is 0 Å². The molecule has 2 fully saturated rings. The fourth-order valence-electron chi connectivity index (χ4n) is 4.54. The first-order valence-corrected chi connectivity index (χ1v) is 13.7. The van der Waals surface area contributed by atoms with Gasteiger partial charge in [-0.15, -0.1) is 0 Å². The molecule has 204 valence electrons. The van der Waals surface area contributed by atoms with Crippen molar-refractivity contribution in [2.24, 2.45) is 17.0 Å². The molecule has 38 heavy (non-hydrogen) atoms. The number of carbonyl (C=O) groups is 2. The number of ketones is 2. The molecule has 1 atom stereocenters. The van der Waals surface area contributed by atoms with E-state index in [0.717, 1.165) is 18.8 Å². The molecule has 2 aromatic rings. The lowest BCUT2D eigenvalue weighted by molar-refractivity contribution is 0.0966. The molecule has 0 N–H and O–H groups in total. The Labute approximate surface area is 226 Å². The summed E-state index contributed by atoms with van der Waals surface area (Å²) in [5, 5.41) is 3.98. The zero-order valence-electron chi connectivity index (χ0n) is 23.1. The molecular weight excluding hydrogens is 481 g/mol. The summed E-state index contributed by atoms with van der Waals surface area (Å²) in [6, 6.07) is 11.3. The Bertz CT molecular complexity index is 1140. The van der Waals surface area contributed by atoms with Crippen LogP contribution in [0, 0.1) is 17.7 Å². The number of halogens is 1. The molecule has 6 heteroatoms. The number of rotatable bonds is 11. The predicted molar refractivity (Wildman–Crippen MR) is 149 cm³/mol. The van der Waals surface area contributed by atoms with Crippen molar-refractivity contribution >= 4 is 17.3 Å². The van der Waals surface area contributed by atoms with Gasteiger partial charge in [-0.1, -0.05) is 63.2 Å². The van der Waals surface area contributed by atoms with Crippen LogP contribution >= 0.6 is 0 Å². The van der Waals surface area contributed by atoms with E-state index in [4.69, 9.17) is 9.57 Å². The Balaban J connectivity index is 0.000000427. The molecule has 4 rings (SSSR count). The van der Waals surface area contributed by atoms with Crippen molar-refractivity contribution in [3.05, 3.63) is 77.3 Å². The Hall–Kier alpha value is -3.28. The van der Waals surface area contributed by atoms with Gasteiger partial charge in [0.15, 0.2) is 23.4 Å². The molecule has 2 aliphatic rings. The minimum absolute atomic E-state index is 0.0313. The highest BCUT2D eigenvalue weighted by Gasteiger charge is 2.30. The van der Waals surface area contributed by atoms with Gasteiger partial charge < -0.3 is 9.57 Å². The molecule has 0 aromatic heterocycles. The van der Waals surface area contributed by atoms with Gasteiger partial charge in [0.1, 0.15) is 11.6 Å². The number of hydrogen-bond donors (Lipinski definition) is 0. The van der Waals surface area contributed by atoms with Crippen LogP contribution in [-0.2, 0) is 4.84 Å². The van der Waals surface area contributed by atoms with Crippen molar-refractivity contribution < 1.29 is 23.6 Å². The van der Waals surface area contributed by atoms with Crippen LogP contribution in [0.4, 0.5) is 4.39 Å². The summed E-state index contributed by atoms with van der Waals surface area (Å²) in [6.45, 7) is 10.8. The molecule has 2 aliphatic carbocycles. The zero-order valence-corrected chi connectivity index (χ0v) is 23.1. The lowest BCUT2D eigenvalue weighted by atomic mass is 10.0. The highest BCUT2D eigenvalue weighted by molar-refractivity contribution is 6.00. The average molecular weight is 522 g/mol. The van der Waals surface area contributed by atoms with Crippen molar-refractivity contribution in [2.75, 3.05) is 0 Å². The van der Waals surface area contributed by atoms with E-state index in [-0.39, 0.29) is 28.8 Å². The lowest BCUT2D eigenvalue weighted by Gasteiger charge is -2.15. The van der Waals surface area contributed by atoms with Crippen molar-refractivity contribution in [2.45, 2.75) is 85.2 Å². The Morgan fingerprint density at radius 2 is 1.66 bits per heavy atom. The minimum atomic E-state index is -0.603. The fourth-order valence-corrected chi connectivity index (χ4v) is 4.54. The maximum atomic E-state index is 14.0. The van der Waals surface area contributed by atoms with Crippen LogP contribution in [0.1, 0.15) is 105 Å². The van der Waals surface area contributed by atoms with E-state index in [0.29, 0.717) is 22.6 Å². The largest absolute Gasteiger partial charge is 0.483 e. The van der Waals surface area contributed by atoms with Crippen LogP contribution in [0.15, 0.2) is 60.0 Å². The molecule has 2 saturated carbocycles. The second kappa shape index (κ2) is 14.0. The molecule has 0 bridgehead atoms. The number of hydrogen-bond acceptors (Lipinski definition) is 5. The Kier molecular flexibility index (Phi) is 10.8. The summed E-state index contributed by atoms with van der Waals surface area (Å²) in [5.74, 6) is 1.38. The first kappa shape index (κ1) is 29.3. The number of Topliss-reactive ketones (excluding diaryl/α,β-unsaturated/α-hetero) is 2. The number of ether oxygens (including phenoxy) is 1. The smallest absolute Gasteiger partial charge is 0.168 e. The summed E-state index contributed by atoms with van der Waals surface area (Å²) in [4.78, 5) is 28.7. The number of nitrogens with zero attached hydrogens (tertiary/aromatic N) is 1. The van der Waals surface area contributed by atoms with Gasteiger partial charge in [-0.3, -0.25) is 9.59 Å². The van der Waals surface area contributed by atoms with E-state index in [1.165, 1.54) is 57.6 Å². The third-order valence-electron chi connectivity index (χ3n) is 7.09. The molecule has 0 aliphatic heterocycles. The van der Waals surface area contributed by atoms with E-state index in [1.807, 2.05) is 0 Å². The van der Waals surface area contributed by atoms with Gasteiger partial charge in [0, 0.05) is 17.0 Å². The van der Waals surface area contributed by atoms with Crippen LogP contribution in [0.25, 0.3) is 0 Å². The van der Waals surface area contributed by atoms with Crippen molar-refractivity contribution in [3.63, 3.8) is 0 Å². The topological polar surface area (TPSA) is 65.0 Å². The van der Waals surface area contributed by atoms with Crippen molar-refractivity contribution in [1.82, 2.24) is 0 Å². The molecule has 0 heterocycles. The summed E-state index contributed by atoms with van der Waals surface area (Å²) >= 11 is 0. The van der Waals surface area contributed by atoms with Crippen LogP contribution in [0.2, 0.25) is 0 Å². The quantitative estimate of drug-likeness (QED) is 0.129. The van der Waals surface area contributed by atoms with Crippen LogP contribution in [0.5, 0.6) is 5.75 Å². The number of benzene rings is 2. The van der Waals surface area contributed by atoms with Gasteiger partial charge in [-0.05, 0) is 75.9 Å². The summed E-state index contributed by atoms with van der Waals surface area (Å²) in [7, 11) is 0. The number of carbonyl (C=O) groups excluding carboxylic acids is 2. The van der Waals surface area contributed by atoms with Crippen LogP contribution in [-0.4, -0.2) is 23.4 Å². The first-order chi connectivity index (χ1) is 18.2. The van der Waals surface area contributed by atoms with E-state index in [1.54, 1.807) is 44.2 Å². The number of oxime groups is 1. The Morgan fingerprint density at radius 3 is 2.21 bits per heavy atom. The maximum absolute atomic E-state index is 14.0. The fraction of sp³-hybridized carbons (Fsp3) is 0.469. The van der Waals surface area contributed by atoms with E-state index >= 15 is 0 Å². The van der Waals surface area contributed by atoms with Gasteiger partial charge in [-0.2, -0.15) is 0 Å². The van der Waals surface area contributed by atoms with E-state index in [9.17, 15) is 14.0 Å². The normalized spacial score (nSPS) is 16.3. The highest BCUT2D eigenvalue weighted by atomic mass is 19.1. The summed E-state index contributed by atoms with van der Waals surface area (Å²) < 4.78 is 19.8. The molecule has 5 nitrogen and oxygen atoms in total. The average Bonchev–Trinajstić information content (AvgIpc) is 3.63. The van der Waals surface area contributed by atoms with Crippen molar-refractivity contribution in [1.29, 1.82) is 0 Å². The standard InChI is InChI=1S/C24H24FNO4.C8H16/c1-14(20-9-12-22(15(2)27)23(25)13-20)26-30-17(4)16(3)29-21-10-7-19(8-11-21)24(28)18-5-6-18;1-2-5-8-6-3-4-7-8/h7-13,16,18H,4-6H2,1-3H3;8H,2-7H2,1H3/b26-14+;. The van der Waals surface area contributed by atoms with Crippen molar-refractivity contribution in [3.8, 4) is 5.75 Å². The van der Waals surface area contributed by atoms with E-state index < -0.39 is 11.9 Å². The lowest BCUT2D eigenvalue weighted by Crippen LogP contribution is -2.15. The van der Waals surface area contributed by atoms with Crippen LogP contribution < -0.4 is 4.74 Å². The second-order valence-electron chi connectivity index (χ2n) is 10.3. The molecule has 1 unspecified atom stereocenters. The molecular formula is C32H40FNO4. The third kappa shape index (κ3) is 8.64. The monoisotopic (exact) mass is 521 g/mol. The van der Waals surface area contributed by atoms with Gasteiger partial charge in [-0.25, -0.2) is 4.39 Å². The summed E-state index contributed by atoms with van der Waals surface area (Å²) in [6.07, 6.45) is 10.4. The summed E-state index contributed by atoms with van der Waals surface area (Å²) in [5.41, 5.74) is 1.65. The Morgan fingerprint density at radius 1 is 1.03 bits per heavy atom. The SMILES string of the molecule is C=C(O/N=C(\C)c1ccc(C(C)=O)c(F)c1)C(C)Oc1ccc(C(=O)C2CC2)cc1.CCCC1CCCC1. The second-order valence-corrected chi connectivity index (χ2v) is 10.3. The van der Waals surface area contributed by atoms with Gasteiger partial charge in [0.05, 0.1) is 11.3 Å². The molecule has 0 amide bonds. The first-order valence-electron chi connectivity index (χ1n) is 13.7. The van der Waals surface area contributed by atoms with Crippen LogP contribution in [0.3, 0.4) is 0 Å². The molecule has 0 saturated heterocycles.